The highest BCUT2D eigenvalue weighted by Gasteiger charge is 2.18. The lowest BCUT2D eigenvalue weighted by atomic mass is 10.0. The zero-order valence-corrected chi connectivity index (χ0v) is 14.2. The van der Waals surface area contributed by atoms with Crippen molar-refractivity contribution in [2.45, 2.75) is 6.42 Å². The van der Waals surface area contributed by atoms with Gasteiger partial charge in [-0.1, -0.05) is 24.3 Å². The normalized spacial score (nSPS) is 10.8. The Labute approximate surface area is 149 Å². The average molecular weight is 354 g/mol. The van der Waals surface area contributed by atoms with Crippen molar-refractivity contribution in [3.05, 3.63) is 58.3 Å². The molecule has 0 aliphatic rings. The Kier molecular flexibility index (Phi) is 4.90. The SMILES string of the molecule is COCOC(=O)Cc1cccc2c(=O)c(N)c(-c3ccccc3N)oc12. The number of hydrogen-bond donors (Lipinski definition) is 2. The smallest absolute Gasteiger partial charge is 0.312 e. The number of rotatable bonds is 5. The lowest BCUT2D eigenvalue weighted by molar-refractivity contribution is -0.153. The molecule has 7 nitrogen and oxygen atoms in total. The Morgan fingerprint density at radius 1 is 1.12 bits per heavy atom. The van der Waals surface area contributed by atoms with Crippen LogP contribution in [0.15, 0.2) is 51.7 Å². The van der Waals surface area contributed by atoms with E-state index >= 15 is 0 Å². The van der Waals surface area contributed by atoms with Crippen molar-refractivity contribution in [3.63, 3.8) is 0 Å². The highest BCUT2D eigenvalue weighted by molar-refractivity contribution is 5.91. The van der Waals surface area contributed by atoms with Crippen molar-refractivity contribution in [1.82, 2.24) is 0 Å². The molecule has 4 N–H and O–H groups in total. The van der Waals surface area contributed by atoms with Gasteiger partial charge in [0, 0.05) is 23.9 Å². The summed E-state index contributed by atoms with van der Waals surface area (Å²) in [6.45, 7) is -0.147. The summed E-state index contributed by atoms with van der Waals surface area (Å²) in [5.74, 6) is -0.321. The number of benzene rings is 2. The van der Waals surface area contributed by atoms with E-state index in [1.165, 1.54) is 7.11 Å². The lowest BCUT2D eigenvalue weighted by Gasteiger charge is -2.11. The van der Waals surface area contributed by atoms with Crippen molar-refractivity contribution >= 4 is 28.3 Å². The molecule has 26 heavy (non-hydrogen) atoms. The van der Waals surface area contributed by atoms with Crippen molar-refractivity contribution in [3.8, 4) is 11.3 Å². The number of anilines is 2. The molecule has 134 valence electrons. The fraction of sp³-hybridized carbons (Fsp3) is 0.158. The molecule has 0 aliphatic carbocycles. The van der Waals surface area contributed by atoms with Gasteiger partial charge in [-0.05, 0) is 18.2 Å². The molecule has 0 fully saturated rings. The van der Waals surface area contributed by atoms with E-state index in [1.54, 1.807) is 42.5 Å². The van der Waals surface area contributed by atoms with E-state index < -0.39 is 5.97 Å². The van der Waals surface area contributed by atoms with Crippen molar-refractivity contribution in [2.75, 3.05) is 25.4 Å². The van der Waals surface area contributed by atoms with E-state index in [-0.39, 0.29) is 41.1 Å². The van der Waals surface area contributed by atoms with Gasteiger partial charge in [0.2, 0.25) is 5.43 Å². The molecule has 2 aromatic carbocycles. The van der Waals surface area contributed by atoms with E-state index in [9.17, 15) is 9.59 Å². The molecule has 3 rings (SSSR count). The third kappa shape index (κ3) is 3.25. The molecule has 0 saturated heterocycles. The Hall–Kier alpha value is -3.32. The van der Waals surface area contributed by atoms with Crippen molar-refractivity contribution in [2.24, 2.45) is 0 Å². The van der Waals surface area contributed by atoms with Gasteiger partial charge in [0.1, 0.15) is 11.3 Å². The first-order valence-electron chi connectivity index (χ1n) is 7.86. The van der Waals surface area contributed by atoms with Crippen LogP contribution in [0.1, 0.15) is 5.56 Å². The maximum atomic E-state index is 12.7. The average Bonchev–Trinajstić information content (AvgIpc) is 2.64. The van der Waals surface area contributed by atoms with Crippen LogP contribution in [0.3, 0.4) is 0 Å². The van der Waals surface area contributed by atoms with E-state index in [0.717, 1.165) is 0 Å². The summed E-state index contributed by atoms with van der Waals surface area (Å²) in [7, 11) is 1.42. The van der Waals surface area contributed by atoms with Gasteiger partial charge >= 0.3 is 5.97 Å². The summed E-state index contributed by atoms with van der Waals surface area (Å²) in [5, 5.41) is 0.290. The Morgan fingerprint density at radius 3 is 2.62 bits per heavy atom. The van der Waals surface area contributed by atoms with Gasteiger partial charge in [0.15, 0.2) is 12.6 Å². The summed E-state index contributed by atoms with van der Waals surface area (Å²) in [6, 6.07) is 11.9. The first-order valence-corrected chi connectivity index (χ1v) is 7.86. The number of hydrogen-bond acceptors (Lipinski definition) is 7. The van der Waals surface area contributed by atoms with Crippen molar-refractivity contribution in [1.29, 1.82) is 0 Å². The van der Waals surface area contributed by atoms with Crippen LogP contribution in [0.4, 0.5) is 11.4 Å². The van der Waals surface area contributed by atoms with Gasteiger partial charge in [0.05, 0.1) is 11.8 Å². The summed E-state index contributed by atoms with van der Waals surface area (Å²) in [5.41, 5.74) is 13.3. The summed E-state index contributed by atoms with van der Waals surface area (Å²) in [6.07, 6.45) is -0.0722. The standard InChI is InChI=1S/C19H18N2O5/c1-24-10-25-15(22)9-11-5-4-7-13-17(23)16(21)19(26-18(11)13)12-6-2-3-8-14(12)20/h2-8H,9-10,20-21H2,1H3. The van der Waals surface area contributed by atoms with Crippen LogP contribution < -0.4 is 16.9 Å². The third-order valence-electron chi connectivity index (χ3n) is 3.91. The number of carbonyl (C=O) groups excluding carboxylic acids is 1. The molecule has 3 aromatic rings. The monoisotopic (exact) mass is 354 g/mol. The Balaban J connectivity index is 2.16. The minimum absolute atomic E-state index is 0.0329. The topological polar surface area (TPSA) is 118 Å². The van der Waals surface area contributed by atoms with Crippen LogP contribution in [0, 0.1) is 0 Å². The van der Waals surface area contributed by atoms with Gasteiger partial charge in [-0.25, -0.2) is 0 Å². The number of fused-ring (bicyclic) bond motifs is 1. The third-order valence-corrected chi connectivity index (χ3v) is 3.91. The summed E-state index contributed by atoms with van der Waals surface area (Å²) < 4.78 is 15.6. The molecule has 0 spiro atoms. The molecule has 1 heterocycles. The number of methoxy groups -OCH3 is 1. The van der Waals surface area contributed by atoms with E-state index in [1.807, 2.05) is 0 Å². The maximum absolute atomic E-state index is 12.7. The second-order valence-corrected chi connectivity index (χ2v) is 5.65. The second-order valence-electron chi connectivity index (χ2n) is 5.65. The zero-order valence-electron chi connectivity index (χ0n) is 14.2. The molecule has 1 aromatic heterocycles. The lowest BCUT2D eigenvalue weighted by Crippen LogP contribution is -2.13. The predicted octanol–water partition coefficient (Wildman–Crippen LogP) is 2.31. The number of ether oxygens (including phenoxy) is 2. The summed E-state index contributed by atoms with van der Waals surface area (Å²) in [4.78, 5) is 24.6. The molecule has 0 bridgehead atoms. The van der Waals surface area contributed by atoms with Gasteiger partial charge in [0.25, 0.3) is 0 Å². The fourth-order valence-corrected chi connectivity index (χ4v) is 2.66. The highest BCUT2D eigenvalue weighted by atomic mass is 16.7. The number of para-hydroxylation sites is 2. The number of nitrogens with two attached hydrogens (primary N) is 2. The molecule has 0 saturated carbocycles. The Bertz CT molecular complexity index is 1030. The van der Waals surface area contributed by atoms with E-state index in [0.29, 0.717) is 16.8 Å². The van der Waals surface area contributed by atoms with Crippen LogP contribution in [0.25, 0.3) is 22.3 Å². The van der Waals surface area contributed by atoms with Gasteiger partial charge in [-0.2, -0.15) is 0 Å². The fourth-order valence-electron chi connectivity index (χ4n) is 2.66. The molecule has 7 heteroatoms. The first-order chi connectivity index (χ1) is 12.5. The van der Waals surface area contributed by atoms with Gasteiger partial charge < -0.3 is 25.4 Å². The van der Waals surface area contributed by atoms with Crippen LogP contribution in [-0.4, -0.2) is 19.9 Å². The maximum Gasteiger partial charge on any atom is 0.312 e. The molecule has 0 unspecified atom stereocenters. The zero-order chi connectivity index (χ0) is 18.7. The number of esters is 1. The quantitative estimate of drug-likeness (QED) is 0.410. The minimum Gasteiger partial charge on any atom is -0.453 e. The second kappa shape index (κ2) is 7.28. The van der Waals surface area contributed by atoms with Crippen molar-refractivity contribution < 1.29 is 18.7 Å². The Morgan fingerprint density at radius 2 is 1.88 bits per heavy atom. The van der Waals surface area contributed by atoms with E-state index in [2.05, 4.69) is 0 Å². The molecule has 0 radical (unpaired) electrons. The molecule has 0 amide bonds. The van der Waals surface area contributed by atoms with E-state index in [4.69, 9.17) is 25.4 Å². The van der Waals surface area contributed by atoms with Crippen LogP contribution >= 0.6 is 0 Å². The predicted molar refractivity (Wildman–Crippen MR) is 98.4 cm³/mol. The summed E-state index contributed by atoms with van der Waals surface area (Å²) >= 11 is 0. The molecular formula is C19H18N2O5. The largest absolute Gasteiger partial charge is 0.453 e. The highest BCUT2D eigenvalue weighted by Crippen LogP contribution is 2.32. The van der Waals surface area contributed by atoms with Gasteiger partial charge in [-0.3, -0.25) is 9.59 Å². The minimum atomic E-state index is -0.500. The number of nitrogen functional groups attached to an aromatic ring is 2. The van der Waals surface area contributed by atoms with Crippen LogP contribution in [0.2, 0.25) is 0 Å². The first kappa shape index (κ1) is 17.5. The van der Waals surface area contributed by atoms with Gasteiger partial charge in [-0.15, -0.1) is 0 Å². The molecule has 0 atom stereocenters. The van der Waals surface area contributed by atoms with Crippen LogP contribution in [-0.2, 0) is 20.7 Å². The van der Waals surface area contributed by atoms with Crippen LogP contribution in [0.5, 0.6) is 0 Å². The molecular weight excluding hydrogens is 336 g/mol. The molecule has 0 aliphatic heterocycles. The number of carbonyl (C=O) groups is 1.